The molecule has 4 heteroatoms. The summed E-state index contributed by atoms with van der Waals surface area (Å²) in [5.41, 5.74) is 1.25. The highest BCUT2D eigenvalue weighted by Crippen LogP contribution is 2.14. The molecular weight excluding hydrogens is 202 g/mol. The monoisotopic (exact) mass is 223 g/mol. The standard InChI is InChI=1S/C12H21N3O/c1-2-6-13-9-11-5-7-14-15(11)10-12-4-3-8-16-12/h5,7,12-13H,2-4,6,8-10H2,1H3. The summed E-state index contributed by atoms with van der Waals surface area (Å²) in [6, 6.07) is 2.08. The molecule has 16 heavy (non-hydrogen) atoms. The Kier molecular flexibility index (Phi) is 4.36. The van der Waals surface area contributed by atoms with E-state index in [1.165, 1.54) is 25.0 Å². The third-order valence-corrected chi connectivity index (χ3v) is 2.94. The lowest BCUT2D eigenvalue weighted by Crippen LogP contribution is -2.21. The fourth-order valence-corrected chi connectivity index (χ4v) is 2.05. The van der Waals surface area contributed by atoms with Crippen LogP contribution in [0, 0.1) is 0 Å². The molecule has 4 nitrogen and oxygen atoms in total. The second-order valence-corrected chi connectivity index (χ2v) is 4.32. The molecule has 1 atom stereocenters. The summed E-state index contributed by atoms with van der Waals surface area (Å²) < 4.78 is 7.69. The van der Waals surface area contributed by atoms with Crippen molar-refractivity contribution in [2.24, 2.45) is 0 Å². The summed E-state index contributed by atoms with van der Waals surface area (Å²) in [4.78, 5) is 0. The summed E-state index contributed by atoms with van der Waals surface area (Å²) in [6.07, 6.45) is 5.76. The lowest BCUT2D eigenvalue weighted by Gasteiger charge is -2.12. The molecule has 0 amide bonds. The number of nitrogens with one attached hydrogen (secondary N) is 1. The minimum absolute atomic E-state index is 0.366. The van der Waals surface area contributed by atoms with Gasteiger partial charge in [0.15, 0.2) is 0 Å². The molecule has 1 unspecified atom stereocenters. The molecule has 0 aliphatic carbocycles. The maximum atomic E-state index is 5.63. The van der Waals surface area contributed by atoms with E-state index in [4.69, 9.17) is 4.74 Å². The van der Waals surface area contributed by atoms with Crippen LogP contribution in [0.4, 0.5) is 0 Å². The Morgan fingerprint density at radius 3 is 3.31 bits per heavy atom. The Bertz CT molecular complexity index is 305. The van der Waals surface area contributed by atoms with Crippen molar-refractivity contribution < 1.29 is 4.74 Å². The van der Waals surface area contributed by atoms with E-state index in [1.54, 1.807) is 0 Å². The van der Waals surface area contributed by atoms with E-state index < -0.39 is 0 Å². The van der Waals surface area contributed by atoms with Gasteiger partial charge in [-0.3, -0.25) is 4.68 Å². The van der Waals surface area contributed by atoms with Gasteiger partial charge in [0.2, 0.25) is 0 Å². The molecule has 1 fully saturated rings. The van der Waals surface area contributed by atoms with Gasteiger partial charge in [-0.2, -0.15) is 5.10 Å². The smallest absolute Gasteiger partial charge is 0.0771 e. The van der Waals surface area contributed by atoms with Gasteiger partial charge in [-0.25, -0.2) is 0 Å². The van der Waals surface area contributed by atoms with Crippen molar-refractivity contribution in [1.82, 2.24) is 15.1 Å². The lowest BCUT2D eigenvalue weighted by molar-refractivity contribution is 0.0931. The molecule has 0 spiro atoms. The first-order chi connectivity index (χ1) is 7.90. The van der Waals surface area contributed by atoms with Gasteiger partial charge in [-0.05, 0) is 31.9 Å². The molecule has 1 aromatic rings. The van der Waals surface area contributed by atoms with Crippen molar-refractivity contribution >= 4 is 0 Å². The molecule has 1 saturated heterocycles. The summed E-state index contributed by atoms with van der Waals surface area (Å²) in [5, 5.41) is 7.76. The molecular formula is C12H21N3O. The van der Waals surface area contributed by atoms with Crippen LogP contribution >= 0.6 is 0 Å². The number of ether oxygens (including phenoxy) is 1. The largest absolute Gasteiger partial charge is 0.376 e. The van der Waals surface area contributed by atoms with Crippen LogP contribution in [0.1, 0.15) is 31.9 Å². The molecule has 2 heterocycles. The van der Waals surface area contributed by atoms with Crippen molar-refractivity contribution in [2.75, 3.05) is 13.2 Å². The van der Waals surface area contributed by atoms with Crippen LogP contribution in [0.15, 0.2) is 12.3 Å². The number of nitrogens with zero attached hydrogens (tertiary/aromatic N) is 2. The minimum Gasteiger partial charge on any atom is -0.376 e. The minimum atomic E-state index is 0.366. The Morgan fingerprint density at radius 2 is 2.56 bits per heavy atom. The molecule has 90 valence electrons. The summed E-state index contributed by atoms with van der Waals surface area (Å²) in [6.45, 7) is 5.95. The molecule has 2 rings (SSSR count). The molecule has 1 aromatic heterocycles. The van der Waals surface area contributed by atoms with E-state index in [1.807, 2.05) is 6.20 Å². The SMILES string of the molecule is CCCNCc1ccnn1CC1CCCO1. The fraction of sp³-hybridized carbons (Fsp3) is 0.750. The summed E-state index contributed by atoms with van der Waals surface area (Å²) in [5.74, 6) is 0. The van der Waals surface area contributed by atoms with Gasteiger partial charge in [0.1, 0.15) is 0 Å². The summed E-state index contributed by atoms with van der Waals surface area (Å²) in [7, 11) is 0. The predicted molar refractivity (Wildman–Crippen MR) is 63.2 cm³/mol. The number of rotatable bonds is 6. The van der Waals surface area contributed by atoms with Crippen LogP contribution in [-0.2, 0) is 17.8 Å². The van der Waals surface area contributed by atoms with Gasteiger partial charge < -0.3 is 10.1 Å². The van der Waals surface area contributed by atoms with Crippen LogP contribution in [-0.4, -0.2) is 29.0 Å². The molecule has 0 saturated carbocycles. The highest BCUT2D eigenvalue weighted by atomic mass is 16.5. The van der Waals surface area contributed by atoms with Gasteiger partial charge in [0, 0.05) is 19.3 Å². The lowest BCUT2D eigenvalue weighted by atomic mass is 10.2. The van der Waals surface area contributed by atoms with Crippen LogP contribution in [0.5, 0.6) is 0 Å². The zero-order chi connectivity index (χ0) is 11.2. The third-order valence-electron chi connectivity index (χ3n) is 2.94. The molecule has 1 aliphatic rings. The molecule has 0 bridgehead atoms. The van der Waals surface area contributed by atoms with E-state index in [0.717, 1.165) is 26.2 Å². The summed E-state index contributed by atoms with van der Waals surface area (Å²) >= 11 is 0. The Hall–Kier alpha value is -0.870. The van der Waals surface area contributed by atoms with E-state index >= 15 is 0 Å². The van der Waals surface area contributed by atoms with Gasteiger partial charge in [-0.15, -0.1) is 0 Å². The average Bonchev–Trinajstić information content (AvgIpc) is 2.92. The maximum absolute atomic E-state index is 5.63. The average molecular weight is 223 g/mol. The van der Waals surface area contributed by atoms with Crippen molar-refractivity contribution in [1.29, 1.82) is 0 Å². The molecule has 0 radical (unpaired) electrons. The highest BCUT2D eigenvalue weighted by molar-refractivity contribution is 5.00. The van der Waals surface area contributed by atoms with Gasteiger partial charge >= 0.3 is 0 Å². The first-order valence-electron chi connectivity index (χ1n) is 6.23. The highest BCUT2D eigenvalue weighted by Gasteiger charge is 2.17. The van der Waals surface area contributed by atoms with Crippen LogP contribution in [0.25, 0.3) is 0 Å². The molecule has 1 N–H and O–H groups in total. The van der Waals surface area contributed by atoms with Crippen molar-refractivity contribution in [2.45, 2.75) is 45.4 Å². The topological polar surface area (TPSA) is 39.1 Å². The van der Waals surface area contributed by atoms with Crippen molar-refractivity contribution in [3.05, 3.63) is 18.0 Å². The molecule has 0 aromatic carbocycles. The maximum Gasteiger partial charge on any atom is 0.0771 e. The Balaban J connectivity index is 1.85. The predicted octanol–water partition coefficient (Wildman–Crippen LogP) is 1.56. The number of hydrogen-bond acceptors (Lipinski definition) is 3. The van der Waals surface area contributed by atoms with Crippen LogP contribution in [0.2, 0.25) is 0 Å². The Labute approximate surface area is 97.0 Å². The van der Waals surface area contributed by atoms with Crippen molar-refractivity contribution in [3.8, 4) is 0 Å². The normalized spacial score (nSPS) is 20.4. The first kappa shape index (κ1) is 11.6. The van der Waals surface area contributed by atoms with E-state index in [9.17, 15) is 0 Å². The van der Waals surface area contributed by atoms with Crippen LogP contribution in [0.3, 0.4) is 0 Å². The number of hydrogen-bond donors (Lipinski definition) is 1. The second-order valence-electron chi connectivity index (χ2n) is 4.32. The van der Waals surface area contributed by atoms with E-state index in [-0.39, 0.29) is 0 Å². The van der Waals surface area contributed by atoms with Gasteiger partial charge in [0.25, 0.3) is 0 Å². The Morgan fingerprint density at radius 1 is 1.62 bits per heavy atom. The third kappa shape index (κ3) is 3.06. The molecule has 1 aliphatic heterocycles. The second kappa shape index (κ2) is 6.01. The van der Waals surface area contributed by atoms with E-state index in [2.05, 4.69) is 28.1 Å². The van der Waals surface area contributed by atoms with Crippen molar-refractivity contribution in [3.63, 3.8) is 0 Å². The van der Waals surface area contributed by atoms with E-state index in [0.29, 0.717) is 6.10 Å². The quantitative estimate of drug-likeness (QED) is 0.744. The van der Waals surface area contributed by atoms with Gasteiger partial charge in [-0.1, -0.05) is 6.92 Å². The fourth-order valence-electron chi connectivity index (χ4n) is 2.05. The first-order valence-corrected chi connectivity index (χ1v) is 6.23. The number of aromatic nitrogens is 2. The van der Waals surface area contributed by atoms with Crippen LogP contribution < -0.4 is 5.32 Å². The zero-order valence-corrected chi connectivity index (χ0v) is 9.98. The van der Waals surface area contributed by atoms with Gasteiger partial charge in [0.05, 0.1) is 18.3 Å². The zero-order valence-electron chi connectivity index (χ0n) is 9.98.